The first-order valence-electron chi connectivity index (χ1n) is 23.7. The maximum Gasteiger partial charge on any atom is 0.160 e. The van der Waals surface area contributed by atoms with E-state index in [0.29, 0.717) is 5.82 Å². The molecule has 4 aromatic heterocycles. The highest BCUT2D eigenvalue weighted by molar-refractivity contribution is 6.27. The molecule has 0 N–H and O–H groups in total. The quantitative estimate of drug-likeness (QED) is 0.150. The highest BCUT2D eigenvalue weighted by atomic mass is 16.3. The molecular formula is C65H40N4O. The fourth-order valence-corrected chi connectivity index (χ4v) is 10.6. The lowest BCUT2D eigenvalue weighted by molar-refractivity contribution is 0.669. The van der Waals surface area contributed by atoms with Gasteiger partial charge in [0, 0.05) is 71.2 Å². The summed E-state index contributed by atoms with van der Waals surface area (Å²) in [5.41, 5.74) is 17.1. The van der Waals surface area contributed by atoms with Gasteiger partial charge in [-0.15, -0.1) is 0 Å². The Balaban J connectivity index is 0.893. The van der Waals surface area contributed by atoms with Crippen molar-refractivity contribution in [2.75, 3.05) is 0 Å². The Bertz CT molecular complexity index is 4290. The summed E-state index contributed by atoms with van der Waals surface area (Å²) in [6.07, 6.45) is 0. The van der Waals surface area contributed by atoms with Crippen molar-refractivity contribution < 1.29 is 4.42 Å². The number of benzene rings is 10. The van der Waals surface area contributed by atoms with Crippen LogP contribution >= 0.6 is 0 Å². The van der Waals surface area contributed by atoms with Crippen molar-refractivity contribution in [3.63, 3.8) is 0 Å². The van der Waals surface area contributed by atoms with Crippen LogP contribution in [-0.2, 0) is 0 Å². The molecule has 5 heteroatoms. The van der Waals surface area contributed by atoms with Crippen LogP contribution in [-0.4, -0.2) is 19.5 Å². The van der Waals surface area contributed by atoms with Crippen molar-refractivity contribution in [2.45, 2.75) is 0 Å². The van der Waals surface area contributed by atoms with Crippen LogP contribution in [0.15, 0.2) is 247 Å². The third-order valence-electron chi connectivity index (χ3n) is 13.8. The number of para-hydroxylation sites is 4. The highest BCUT2D eigenvalue weighted by Crippen LogP contribution is 2.46. The Morgan fingerprint density at radius 1 is 0.314 bits per heavy atom. The van der Waals surface area contributed by atoms with E-state index in [1.807, 2.05) is 12.1 Å². The first kappa shape index (κ1) is 39.7. The molecule has 0 aliphatic rings. The van der Waals surface area contributed by atoms with Crippen molar-refractivity contribution in [1.29, 1.82) is 0 Å². The van der Waals surface area contributed by atoms with E-state index in [1.54, 1.807) is 0 Å². The number of hydrogen-bond donors (Lipinski definition) is 0. The van der Waals surface area contributed by atoms with Gasteiger partial charge in [-0.05, 0) is 89.5 Å². The molecule has 0 fully saturated rings. The second-order valence-electron chi connectivity index (χ2n) is 17.9. The van der Waals surface area contributed by atoms with Gasteiger partial charge in [-0.2, -0.15) is 0 Å². The minimum absolute atomic E-state index is 0.667. The van der Waals surface area contributed by atoms with Crippen molar-refractivity contribution >= 4 is 65.4 Å². The normalized spacial score (nSPS) is 11.7. The summed E-state index contributed by atoms with van der Waals surface area (Å²) in [7, 11) is 0. The van der Waals surface area contributed by atoms with Crippen molar-refractivity contribution in [2.24, 2.45) is 0 Å². The summed E-state index contributed by atoms with van der Waals surface area (Å²) in [6.45, 7) is 0. The van der Waals surface area contributed by atoms with Crippen molar-refractivity contribution in [1.82, 2.24) is 19.5 Å². The largest absolute Gasteiger partial charge is 0.456 e. The molecule has 326 valence electrons. The highest BCUT2D eigenvalue weighted by Gasteiger charge is 2.22. The maximum atomic E-state index is 6.66. The number of rotatable bonds is 7. The van der Waals surface area contributed by atoms with E-state index in [1.165, 1.54) is 21.8 Å². The number of nitrogens with zero attached hydrogens (tertiary/aromatic N) is 4. The lowest BCUT2D eigenvalue weighted by Crippen LogP contribution is -1.97. The van der Waals surface area contributed by atoms with Crippen LogP contribution in [0.4, 0.5) is 0 Å². The first-order chi connectivity index (χ1) is 34.7. The Morgan fingerprint density at radius 3 is 1.57 bits per heavy atom. The third-order valence-corrected chi connectivity index (χ3v) is 13.8. The van der Waals surface area contributed by atoms with E-state index >= 15 is 0 Å². The molecule has 4 heterocycles. The average Bonchev–Trinajstić information content (AvgIpc) is 3.98. The van der Waals surface area contributed by atoms with E-state index in [-0.39, 0.29) is 0 Å². The molecular weight excluding hydrogens is 853 g/mol. The SMILES string of the molecule is c1ccc(-c2cc(-c3cccc(-c4cccc(-c5nc6ccccc6c6c(-c7ccccc7)c7c(cc56)oc5ccccc57)c4)c3)nc(-c3ccc(-n4c5ccccc5c5ccccc54)cc3)n2)cc1. The van der Waals surface area contributed by atoms with Gasteiger partial charge >= 0.3 is 0 Å². The van der Waals surface area contributed by atoms with Crippen molar-refractivity contribution in [3.8, 4) is 73.1 Å². The van der Waals surface area contributed by atoms with Gasteiger partial charge in [-0.25, -0.2) is 15.0 Å². The third kappa shape index (κ3) is 6.51. The van der Waals surface area contributed by atoms with E-state index in [9.17, 15) is 0 Å². The van der Waals surface area contributed by atoms with Crippen LogP contribution in [0.5, 0.6) is 0 Å². The Kier molecular flexibility index (Phi) is 9.14. The summed E-state index contributed by atoms with van der Waals surface area (Å²) in [5.74, 6) is 0.667. The van der Waals surface area contributed by atoms with Gasteiger partial charge in [0.25, 0.3) is 0 Å². The molecule has 14 rings (SSSR count). The van der Waals surface area contributed by atoms with Crippen LogP contribution in [0.25, 0.3) is 139 Å². The zero-order valence-electron chi connectivity index (χ0n) is 37.8. The zero-order valence-corrected chi connectivity index (χ0v) is 37.8. The molecule has 0 radical (unpaired) electrons. The topological polar surface area (TPSA) is 56.7 Å². The van der Waals surface area contributed by atoms with Gasteiger partial charge in [-0.3, -0.25) is 0 Å². The predicted octanol–water partition coefficient (Wildman–Crippen LogP) is 17.2. The molecule has 0 saturated heterocycles. The van der Waals surface area contributed by atoms with Gasteiger partial charge in [0.05, 0.1) is 33.6 Å². The summed E-state index contributed by atoms with van der Waals surface area (Å²) < 4.78 is 8.99. The van der Waals surface area contributed by atoms with Gasteiger partial charge < -0.3 is 8.98 Å². The van der Waals surface area contributed by atoms with E-state index in [2.05, 4.69) is 235 Å². The molecule has 0 bridgehead atoms. The lowest BCUT2D eigenvalue weighted by Gasteiger charge is -2.16. The van der Waals surface area contributed by atoms with Gasteiger partial charge in [0.15, 0.2) is 5.82 Å². The number of furan rings is 1. The molecule has 0 spiro atoms. The monoisotopic (exact) mass is 892 g/mol. The van der Waals surface area contributed by atoms with Crippen molar-refractivity contribution in [3.05, 3.63) is 243 Å². The lowest BCUT2D eigenvalue weighted by atomic mass is 9.89. The summed E-state index contributed by atoms with van der Waals surface area (Å²) in [4.78, 5) is 15.9. The number of aromatic nitrogens is 4. The second kappa shape index (κ2) is 16.1. The molecule has 0 unspecified atom stereocenters. The molecule has 0 atom stereocenters. The number of fused-ring (bicyclic) bond motifs is 9. The summed E-state index contributed by atoms with van der Waals surface area (Å²) in [6, 6.07) is 85.5. The zero-order chi connectivity index (χ0) is 46.1. The number of pyridine rings is 1. The van der Waals surface area contributed by atoms with Crippen LogP contribution in [0.1, 0.15) is 0 Å². The molecule has 0 amide bonds. The molecule has 10 aromatic carbocycles. The van der Waals surface area contributed by atoms with E-state index < -0.39 is 0 Å². The fourth-order valence-electron chi connectivity index (χ4n) is 10.6. The van der Waals surface area contributed by atoms with Gasteiger partial charge in [0.1, 0.15) is 11.2 Å². The average molecular weight is 893 g/mol. The fraction of sp³-hybridized carbons (Fsp3) is 0. The molecule has 70 heavy (non-hydrogen) atoms. The van der Waals surface area contributed by atoms with Gasteiger partial charge in [-0.1, -0.05) is 170 Å². The molecule has 0 saturated carbocycles. The minimum Gasteiger partial charge on any atom is -0.456 e. The first-order valence-corrected chi connectivity index (χ1v) is 23.7. The summed E-state index contributed by atoms with van der Waals surface area (Å²) >= 11 is 0. The van der Waals surface area contributed by atoms with E-state index in [0.717, 1.165) is 111 Å². The molecule has 0 aliphatic heterocycles. The van der Waals surface area contributed by atoms with Crippen LogP contribution < -0.4 is 0 Å². The predicted molar refractivity (Wildman–Crippen MR) is 289 cm³/mol. The molecule has 14 aromatic rings. The molecule has 5 nitrogen and oxygen atoms in total. The van der Waals surface area contributed by atoms with E-state index in [4.69, 9.17) is 19.4 Å². The smallest absolute Gasteiger partial charge is 0.160 e. The van der Waals surface area contributed by atoms with Gasteiger partial charge in [0.2, 0.25) is 0 Å². The maximum absolute atomic E-state index is 6.66. The Morgan fingerprint density at radius 2 is 0.857 bits per heavy atom. The standard InChI is InChI=1S/C65H40N4O/c1-3-17-41(18-4-1)55-40-56(68-65(67-55)43-33-35-48(36-34-43)69-57-30-12-8-25-49(57)50-26-9-13-31-58(50)69)46-23-15-21-44(37-46)45-22-16-24-47(38-45)64-53-39-60-63(52-28-10-14-32-59(52)70-60)61(42-19-5-2-6-20-42)62(53)51-27-7-11-29-54(51)66-64/h1-40H. The van der Waals surface area contributed by atoms with Crippen LogP contribution in [0.2, 0.25) is 0 Å². The van der Waals surface area contributed by atoms with Crippen LogP contribution in [0.3, 0.4) is 0 Å². The Labute approximate surface area is 403 Å². The molecule has 0 aliphatic carbocycles. The summed E-state index contributed by atoms with van der Waals surface area (Å²) in [5, 5.41) is 7.99. The van der Waals surface area contributed by atoms with Crippen LogP contribution in [0, 0.1) is 0 Å². The minimum atomic E-state index is 0.667. The Hall–Kier alpha value is -9.45. The second-order valence-corrected chi connectivity index (χ2v) is 17.9. The number of hydrogen-bond acceptors (Lipinski definition) is 4.